The van der Waals surface area contributed by atoms with E-state index in [0.717, 1.165) is 29.1 Å². The number of nitrogens with one attached hydrogen (secondary N) is 2. The molecule has 124 valence electrons. The second-order valence-corrected chi connectivity index (χ2v) is 7.96. The van der Waals surface area contributed by atoms with Gasteiger partial charge in [0, 0.05) is 18.5 Å². The van der Waals surface area contributed by atoms with Crippen LogP contribution in [0.25, 0.3) is 0 Å². The molecular weight excluding hydrogens is 286 g/mol. The van der Waals surface area contributed by atoms with Gasteiger partial charge in [-0.3, -0.25) is 4.79 Å². The minimum atomic E-state index is -0.00716. The number of hydrogen-bond acceptors (Lipinski definition) is 3. The van der Waals surface area contributed by atoms with Gasteiger partial charge in [0.2, 0.25) is 5.91 Å². The summed E-state index contributed by atoms with van der Waals surface area (Å²) in [7, 11) is 0. The van der Waals surface area contributed by atoms with Crippen LogP contribution in [0, 0.1) is 17.8 Å². The summed E-state index contributed by atoms with van der Waals surface area (Å²) in [4.78, 5) is 11.9. The lowest BCUT2D eigenvalue weighted by Crippen LogP contribution is -2.54. The van der Waals surface area contributed by atoms with Gasteiger partial charge in [-0.15, -0.1) is 0 Å². The maximum absolute atomic E-state index is 11.9. The van der Waals surface area contributed by atoms with E-state index >= 15 is 0 Å². The van der Waals surface area contributed by atoms with Gasteiger partial charge in [-0.1, -0.05) is 12.1 Å². The third kappa shape index (κ3) is 2.97. The Balaban J connectivity index is 1.54. The van der Waals surface area contributed by atoms with Crippen LogP contribution in [-0.4, -0.2) is 18.0 Å². The van der Waals surface area contributed by atoms with Crippen molar-refractivity contribution in [1.29, 1.82) is 0 Å². The van der Waals surface area contributed by atoms with Crippen LogP contribution in [0.3, 0.4) is 0 Å². The monoisotopic (exact) mass is 313 g/mol. The Morgan fingerprint density at radius 3 is 2.17 bits per heavy atom. The van der Waals surface area contributed by atoms with E-state index in [-0.39, 0.29) is 11.4 Å². The maximum atomic E-state index is 11.9. The Bertz CT molecular complexity index is 563. The summed E-state index contributed by atoms with van der Waals surface area (Å²) in [5.74, 6) is 2.72. The van der Waals surface area contributed by atoms with Crippen molar-refractivity contribution in [3.8, 4) is 0 Å². The van der Waals surface area contributed by atoms with E-state index in [0.29, 0.717) is 13.0 Å². The lowest BCUT2D eigenvalue weighted by Gasteiger charge is -2.57. The molecule has 0 saturated heterocycles. The molecule has 4 aliphatic rings. The number of benzene rings is 1. The number of amides is 1. The molecule has 1 aromatic carbocycles. The highest BCUT2D eigenvalue weighted by Crippen LogP contribution is 2.56. The highest BCUT2D eigenvalue weighted by Gasteiger charge is 2.51. The maximum Gasteiger partial charge on any atom is 0.225 e. The van der Waals surface area contributed by atoms with Crippen LogP contribution in [0.2, 0.25) is 0 Å². The molecule has 0 aliphatic heterocycles. The van der Waals surface area contributed by atoms with Crippen molar-refractivity contribution in [2.75, 3.05) is 17.2 Å². The minimum Gasteiger partial charge on any atom is -0.378 e. The Morgan fingerprint density at radius 1 is 1.04 bits per heavy atom. The fourth-order valence-corrected chi connectivity index (χ4v) is 5.59. The minimum absolute atomic E-state index is 0.00716. The van der Waals surface area contributed by atoms with Crippen molar-refractivity contribution in [3.05, 3.63) is 24.3 Å². The summed E-state index contributed by atoms with van der Waals surface area (Å²) in [5.41, 5.74) is 7.69. The quantitative estimate of drug-likeness (QED) is 0.781. The molecular formula is C19H27N3O. The van der Waals surface area contributed by atoms with Gasteiger partial charge in [-0.2, -0.15) is 0 Å². The zero-order valence-corrected chi connectivity index (χ0v) is 13.7. The number of rotatable bonds is 5. The molecule has 4 fully saturated rings. The van der Waals surface area contributed by atoms with Gasteiger partial charge < -0.3 is 16.4 Å². The van der Waals surface area contributed by atoms with Gasteiger partial charge in [-0.05, 0) is 68.4 Å². The number of carbonyl (C=O) groups is 1. The van der Waals surface area contributed by atoms with Gasteiger partial charge in [0.25, 0.3) is 0 Å². The standard InChI is InChI=1S/C19H27N3O/c20-6-5-18(23)21-16-3-1-2-4-17(16)22-19-10-13-7-14(11-19)9-15(8-13)12-19/h1-4,13-15,22H,5-12,20H2,(H,21,23). The van der Waals surface area contributed by atoms with Crippen LogP contribution in [0.4, 0.5) is 11.4 Å². The third-order valence-corrected chi connectivity index (χ3v) is 6.01. The fraction of sp³-hybridized carbons (Fsp3) is 0.632. The lowest BCUT2D eigenvalue weighted by molar-refractivity contribution is -0.116. The van der Waals surface area contributed by atoms with E-state index in [1.807, 2.05) is 18.2 Å². The van der Waals surface area contributed by atoms with Gasteiger partial charge in [-0.25, -0.2) is 0 Å². The molecule has 0 heterocycles. The zero-order chi connectivity index (χ0) is 15.9. The largest absolute Gasteiger partial charge is 0.378 e. The Hall–Kier alpha value is -1.55. The van der Waals surface area contributed by atoms with Crippen molar-refractivity contribution in [3.63, 3.8) is 0 Å². The summed E-state index contributed by atoms with van der Waals surface area (Å²) in [6.45, 7) is 0.385. The highest BCUT2D eigenvalue weighted by molar-refractivity contribution is 5.94. The predicted octanol–water partition coefficient (Wildman–Crippen LogP) is 3.35. The number of para-hydroxylation sites is 2. The average molecular weight is 313 g/mol. The normalized spacial score (nSPS) is 34.4. The smallest absolute Gasteiger partial charge is 0.225 e. The van der Waals surface area contributed by atoms with Crippen molar-refractivity contribution in [2.24, 2.45) is 23.5 Å². The van der Waals surface area contributed by atoms with Crippen molar-refractivity contribution in [2.45, 2.75) is 50.5 Å². The van der Waals surface area contributed by atoms with Crippen LogP contribution in [0.1, 0.15) is 44.9 Å². The second-order valence-electron chi connectivity index (χ2n) is 7.96. The molecule has 4 bridgehead atoms. The number of nitrogens with two attached hydrogens (primary N) is 1. The number of carbonyl (C=O) groups excluding carboxylic acids is 1. The second kappa shape index (κ2) is 5.82. The van der Waals surface area contributed by atoms with Crippen LogP contribution >= 0.6 is 0 Å². The van der Waals surface area contributed by atoms with Crippen LogP contribution in [0.5, 0.6) is 0 Å². The SMILES string of the molecule is NCCC(=O)Nc1ccccc1NC12CC3CC(CC(C3)C1)C2. The summed E-state index contributed by atoms with van der Waals surface area (Å²) in [6.07, 6.45) is 8.57. The molecule has 0 spiro atoms. The molecule has 4 N–H and O–H groups in total. The Morgan fingerprint density at radius 2 is 1.61 bits per heavy atom. The van der Waals surface area contributed by atoms with Gasteiger partial charge in [0.1, 0.15) is 0 Å². The first kappa shape index (κ1) is 15.0. The molecule has 1 amide bonds. The third-order valence-electron chi connectivity index (χ3n) is 6.01. The molecule has 4 nitrogen and oxygen atoms in total. The van der Waals surface area contributed by atoms with Crippen molar-refractivity contribution in [1.82, 2.24) is 0 Å². The van der Waals surface area contributed by atoms with E-state index in [1.54, 1.807) is 0 Å². The summed E-state index contributed by atoms with van der Waals surface area (Å²) in [6, 6.07) is 8.10. The summed E-state index contributed by atoms with van der Waals surface area (Å²) in [5, 5.41) is 6.87. The lowest BCUT2D eigenvalue weighted by atomic mass is 9.53. The summed E-state index contributed by atoms with van der Waals surface area (Å²) >= 11 is 0. The Kier molecular flexibility index (Phi) is 3.80. The molecule has 0 atom stereocenters. The fourth-order valence-electron chi connectivity index (χ4n) is 5.59. The molecule has 0 unspecified atom stereocenters. The highest BCUT2D eigenvalue weighted by atomic mass is 16.1. The van der Waals surface area contributed by atoms with Crippen LogP contribution in [0.15, 0.2) is 24.3 Å². The van der Waals surface area contributed by atoms with E-state index in [1.165, 1.54) is 38.5 Å². The van der Waals surface area contributed by atoms with E-state index in [2.05, 4.69) is 16.7 Å². The molecule has 0 aromatic heterocycles. The van der Waals surface area contributed by atoms with Gasteiger partial charge >= 0.3 is 0 Å². The predicted molar refractivity (Wildman–Crippen MR) is 93.3 cm³/mol. The molecule has 4 heteroatoms. The van der Waals surface area contributed by atoms with Crippen LogP contribution in [-0.2, 0) is 4.79 Å². The average Bonchev–Trinajstić information content (AvgIpc) is 2.48. The summed E-state index contributed by atoms with van der Waals surface area (Å²) < 4.78 is 0. The van der Waals surface area contributed by atoms with E-state index in [9.17, 15) is 4.79 Å². The van der Waals surface area contributed by atoms with E-state index in [4.69, 9.17) is 5.73 Å². The van der Waals surface area contributed by atoms with Gasteiger partial charge in [0.05, 0.1) is 11.4 Å². The van der Waals surface area contributed by atoms with Gasteiger partial charge in [0.15, 0.2) is 0 Å². The molecule has 4 saturated carbocycles. The number of hydrogen-bond donors (Lipinski definition) is 3. The first-order valence-corrected chi connectivity index (χ1v) is 9.03. The Labute approximate surface area is 138 Å². The van der Waals surface area contributed by atoms with Crippen molar-refractivity contribution >= 4 is 17.3 Å². The van der Waals surface area contributed by atoms with E-state index < -0.39 is 0 Å². The van der Waals surface area contributed by atoms with Crippen LogP contribution < -0.4 is 16.4 Å². The molecule has 23 heavy (non-hydrogen) atoms. The number of anilines is 2. The van der Waals surface area contributed by atoms with Crippen molar-refractivity contribution < 1.29 is 4.79 Å². The first-order valence-electron chi connectivity index (χ1n) is 9.03. The molecule has 0 radical (unpaired) electrons. The zero-order valence-electron chi connectivity index (χ0n) is 13.7. The molecule has 4 aliphatic carbocycles. The first-order chi connectivity index (χ1) is 11.2. The molecule has 1 aromatic rings. The topological polar surface area (TPSA) is 67.2 Å². The molecule has 5 rings (SSSR count).